The predicted octanol–water partition coefficient (Wildman–Crippen LogP) is 4.97. The molecule has 0 bridgehead atoms. The molecule has 0 saturated carbocycles. The topological polar surface area (TPSA) is 75.6 Å². The summed E-state index contributed by atoms with van der Waals surface area (Å²) in [6.45, 7) is 2.62. The van der Waals surface area contributed by atoms with E-state index in [-0.39, 0.29) is 24.7 Å². The number of halogens is 6. The molecule has 0 atom stereocenters. The average molecular weight is 554 g/mol. The van der Waals surface area contributed by atoms with E-state index < -0.39 is 18.1 Å². The molecule has 2 aliphatic rings. The molecule has 5 rings (SSSR count). The van der Waals surface area contributed by atoms with E-state index in [9.17, 15) is 26.3 Å². The largest absolute Gasteiger partial charge is 0.573 e. The Kier molecular flexibility index (Phi) is 7.38. The maximum atomic E-state index is 13.7. The number of ether oxygens (including phenoxy) is 2. The van der Waals surface area contributed by atoms with Gasteiger partial charge in [-0.2, -0.15) is 18.2 Å². The summed E-state index contributed by atoms with van der Waals surface area (Å²) in [5.74, 6) is 0.368. The van der Waals surface area contributed by atoms with Gasteiger partial charge in [0.15, 0.2) is 0 Å². The van der Waals surface area contributed by atoms with Gasteiger partial charge in [-0.1, -0.05) is 0 Å². The smallest absolute Gasteiger partial charge is 0.406 e. The molecule has 4 heterocycles. The lowest BCUT2D eigenvalue weighted by Gasteiger charge is -2.28. The number of nitrogens with zero attached hydrogens (tertiary/aromatic N) is 5. The van der Waals surface area contributed by atoms with Crippen LogP contribution in [0.25, 0.3) is 0 Å². The first-order chi connectivity index (χ1) is 18.6. The van der Waals surface area contributed by atoms with Gasteiger partial charge in [-0.05, 0) is 42.8 Å². The molecule has 208 valence electrons. The molecule has 0 radical (unpaired) electrons. The van der Waals surface area contributed by atoms with Crippen molar-refractivity contribution in [3.8, 4) is 5.75 Å². The number of pyridine rings is 1. The van der Waals surface area contributed by atoms with Gasteiger partial charge in [0.1, 0.15) is 17.4 Å². The van der Waals surface area contributed by atoms with Gasteiger partial charge in [0.05, 0.1) is 24.5 Å². The number of fused-ring (bicyclic) bond motifs is 1. The van der Waals surface area contributed by atoms with Crippen molar-refractivity contribution >= 4 is 23.3 Å². The van der Waals surface area contributed by atoms with Gasteiger partial charge in [-0.25, -0.2) is 9.97 Å². The van der Waals surface area contributed by atoms with E-state index >= 15 is 0 Å². The lowest BCUT2D eigenvalue weighted by molar-refractivity contribution is -0.274. The zero-order valence-electron chi connectivity index (χ0n) is 20.5. The van der Waals surface area contributed by atoms with Gasteiger partial charge in [0.2, 0.25) is 5.95 Å². The van der Waals surface area contributed by atoms with Crippen molar-refractivity contribution in [3.63, 3.8) is 0 Å². The number of aromatic nitrogens is 3. The molecule has 0 spiro atoms. The summed E-state index contributed by atoms with van der Waals surface area (Å²) < 4.78 is 88.0. The van der Waals surface area contributed by atoms with Crippen LogP contribution in [0.4, 0.5) is 49.6 Å². The van der Waals surface area contributed by atoms with E-state index in [1.54, 1.807) is 4.90 Å². The summed E-state index contributed by atoms with van der Waals surface area (Å²) >= 11 is 0. The molecule has 3 aromatic rings. The molecule has 2 aliphatic heterocycles. The number of alkyl halides is 6. The van der Waals surface area contributed by atoms with Gasteiger partial charge in [-0.3, -0.25) is 0 Å². The second-order valence-corrected chi connectivity index (χ2v) is 8.95. The fraction of sp³-hybridized carbons (Fsp3) is 0.400. The van der Waals surface area contributed by atoms with Crippen LogP contribution in [-0.2, 0) is 23.8 Å². The number of nitrogens with one attached hydrogen (secondary N) is 1. The van der Waals surface area contributed by atoms with Crippen molar-refractivity contribution in [1.29, 1.82) is 0 Å². The SMILES string of the molecule is FC(F)(F)Oc1ccc(Nc2nc(N3CCOCC3)nc3c2CCN(c2ncccc2C(F)(F)F)CC3)cc1. The Bertz CT molecular complexity index is 1300. The molecule has 1 N–H and O–H groups in total. The van der Waals surface area contributed by atoms with Crippen LogP contribution in [0.3, 0.4) is 0 Å². The van der Waals surface area contributed by atoms with Crippen molar-refractivity contribution < 1.29 is 35.8 Å². The molecule has 0 amide bonds. The summed E-state index contributed by atoms with van der Waals surface area (Å²) in [7, 11) is 0. The van der Waals surface area contributed by atoms with Crippen LogP contribution in [0.1, 0.15) is 16.8 Å². The van der Waals surface area contributed by atoms with Crippen LogP contribution in [0.15, 0.2) is 42.6 Å². The molecule has 1 aromatic carbocycles. The van der Waals surface area contributed by atoms with Gasteiger partial charge in [0, 0.05) is 50.0 Å². The summed E-state index contributed by atoms with van der Waals surface area (Å²) in [5, 5.41) is 3.16. The second kappa shape index (κ2) is 10.8. The number of morpholine rings is 1. The average Bonchev–Trinajstić information content (AvgIpc) is 3.12. The first kappa shape index (κ1) is 26.8. The van der Waals surface area contributed by atoms with E-state index in [2.05, 4.69) is 15.0 Å². The third-order valence-electron chi connectivity index (χ3n) is 6.37. The van der Waals surface area contributed by atoms with Crippen molar-refractivity contribution in [2.45, 2.75) is 25.4 Å². The molecule has 1 fully saturated rings. The Balaban J connectivity index is 1.45. The van der Waals surface area contributed by atoms with E-state index in [1.165, 1.54) is 36.5 Å². The van der Waals surface area contributed by atoms with Crippen LogP contribution in [0.2, 0.25) is 0 Å². The van der Waals surface area contributed by atoms with Crippen molar-refractivity contribution in [1.82, 2.24) is 15.0 Å². The molecule has 2 aromatic heterocycles. The van der Waals surface area contributed by atoms with E-state index in [0.29, 0.717) is 62.3 Å². The Hall–Kier alpha value is -3.81. The Labute approximate surface area is 219 Å². The number of anilines is 4. The highest BCUT2D eigenvalue weighted by molar-refractivity contribution is 5.63. The molecular formula is C25H24F6N6O2. The first-order valence-electron chi connectivity index (χ1n) is 12.2. The highest BCUT2D eigenvalue weighted by Gasteiger charge is 2.36. The minimum atomic E-state index is -4.81. The van der Waals surface area contributed by atoms with Crippen molar-refractivity contribution in [3.05, 3.63) is 59.4 Å². The zero-order chi connectivity index (χ0) is 27.6. The molecule has 39 heavy (non-hydrogen) atoms. The number of hydrogen-bond donors (Lipinski definition) is 1. The van der Waals surface area contributed by atoms with Gasteiger partial charge in [-0.15, -0.1) is 13.2 Å². The highest BCUT2D eigenvalue weighted by Crippen LogP contribution is 2.36. The minimum absolute atomic E-state index is 0.145. The normalized spacial score (nSPS) is 16.5. The first-order valence-corrected chi connectivity index (χ1v) is 12.2. The summed E-state index contributed by atoms with van der Waals surface area (Å²) in [6, 6.07) is 7.48. The monoisotopic (exact) mass is 554 g/mol. The van der Waals surface area contributed by atoms with Crippen LogP contribution in [0.5, 0.6) is 5.75 Å². The van der Waals surface area contributed by atoms with Crippen LogP contribution in [-0.4, -0.2) is 60.7 Å². The Morgan fingerprint density at radius 1 is 0.846 bits per heavy atom. The van der Waals surface area contributed by atoms with E-state index in [1.807, 2.05) is 4.90 Å². The summed E-state index contributed by atoms with van der Waals surface area (Å²) in [4.78, 5) is 17.0. The summed E-state index contributed by atoms with van der Waals surface area (Å²) in [6.07, 6.45) is -7.36. The molecule has 8 nitrogen and oxygen atoms in total. The number of benzene rings is 1. The fourth-order valence-corrected chi connectivity index (χ4v) is 4.55. The second-order valence-electron chi connectivity index (χ2n) is 8.95. The van der Waals surface area contributed by atoms with E-state index in [4.69, 9.17) is 14.7 Å². The van der Waals surface area contributed by atoms with Gasteiger partial charge < -0.3 is 24.6 Å². The van der Waals surface area contributed by atoms with Gasteiger partial charge >= 0.3 is 12.5 Å². The number of hydrogen-bond acceptors (Lipinski definition) is 8. The quantitative estimate of drug-likeness (QED) is 0.443. The Morgan fingerprint density at radius 3 is 2.26 bits per heavy atom. The van der Waals surface area contributed by atoms with E-state index in [0.717, 1.165) is 11.6 Å². The third kappa shape index (κ3) is 6.44. The third-order valence-corrected chi connectivity index (χ3v) is 6.37. The van der Waals surface area contributed by atoms with Crippen LogP contribution >= 0.6 is 0 Å². The molecular weight excluding hydrogens is 530 g/mol. The molecule has 0 unspecified atom stereocenters. The molecule has 14 heteroatoms. The maximum absolute atomic E-state index is 13.7. The van der Waals surface area contributed by atoms with Crippen molar-refractivity contribution in [2.24, 2.45) is 0 Å². The zero-order valence-corrected chi connectivity index (χ0v) is 20.5. The van der Waals surface area contributed by atoms with Gasteiger partial charge in [0.25, 0.3) is 0 Å². The number of rotatable bonds is 5. The highest BCUT2D eigenvalue weighted by atomic mass is 19.4. The molecule has 0 aliphatic carbocycles. The maximum Gasteiger partial charge on any atom is 0.573 e. The van der Waals surface area contributed by atoms with Crippen LogP contribution < -0.4 is 19.9 Å². The predicted molar refractivity (Wildman–Crippen MR) is 130 cm³/mol. The Morgan fingerprint density at radius 2 is 1.56 bits per heavy atom. The standard InChI is InChI=1S/C25H24F6N6O2/c26-24(27,28)19-2-1-9-32-22(19)36-10-7-18-20(8-11-36)34-23(37-12-14-38-15-13-37)35-21(18)33-16-3-5-17(6-4-16)39-25(29,30)31/h1-6,9H,7-8,10-15H2,(H,33,34,35). The van der Waals surface area contributed by atoms with Crippen LogP contribution in [0, 0.1) is 0 Å². The summed E-state index contributed by atoms with van der Waals surface area (Å²) in [5.41, 5.74) is 1.05. The molecule has 1 saturated heterocycles. The minimum Gasteiger partial charge on any atom is -0.406 e. The van der Waals surface area contributed by atoms with Crippen molar-refractivity contribution in [2.75, 3.05) is 54.5 Å². The fourth-order valence-electron chi connectivity index (χ4n) is 4.55. The lowest BCUT2D eigenvalue weighted by Crippen LogP contribution is -2.37. The lowest BCUT2D eigenvalue weighted by atomic mass is 10.1.